The second-order valence-corrected chi connectivity index (χ2v) is 3.72. The first kappa shape index (κ1) is 9.45. The number of carbonyl (C=O) groups is 1. The van der Waals surface area contributed by atoms with Crippen LogP contribution in [0.3, 0.4) is 0 Å². The summed E-state index contributed by atoms with van der Waals surface area (Å²) in [5.41, 5.74) is 4.48. The van der Waals surface area contributed by atoms with E-state index in [-0.39, 0.29) is 18.0 Å². The maximum atomic E-state index is 11.7. The number of nitrogens with zero attached hydrogens (tertiary/aromatic N) is 1. The van der Waals surface area contributed by atoms with Crippen LogP contribution in [-0.2, 0) is 14.3 Å². The molecule has 1 aliphatic heterocycles. The Morgan fingerprint density at radius 1 is 1.64 bits per heavy atom. The molecule has 0 aromatic carbocycles. The molecule has 0 saturated heterocycles. The topological polar surface area (TPSA) is 73.9 Å². The highest BCUT2D eigenvalue weighted by Crippen LogP contribution is 2.37. The lowest BCUT2D eigenvalue weighted by atomic mass is 9.81. The highest BCUT2D eigenvalue weighted by molar-refractivity contribution is 6.01. The van der Waals surface area contributed by atoms with Crippen molar-refractivity contribution in [2.45, 2.75) is 37.4 Å². The van der Waals surface area contributed by atoms with Gasteiger partial charge >= 0.3 is 0 Å². The monoisotopic (exact) mass is 198 g/mol. The molecule has 14 heavy (non-hydrogen) atoms. The van der Waals surface area contributed by atoms with E-state index in [0.29, 0.717) is 6.42 Å². The zero-order valence-corrected chi connectivity index (χ0v) is 8.16. The molecule has 0 aromatic heterocycles. The Kier molecular flexibility index (Phi) is 2.19. The minimum atomic E-state index is -0.920. The van der Waals surface area contributed by atoms with Gasteiger partial charge in [-0.3, -0.25) is 4.79 Å². The summed E-state index contributed by atoms with van der Waals surface area (Å²) in [4.78, 5) is 15.3. The molecule has 2 atom stereocenters. The lowest BCUT2D eigenvalue weighted by molar-refractivity contribution is -0.150. The Morgan fingerprint density at radius 2 is 2.43 bits per heavy atom. The molecule has 2 N–H and O–H groups in total. The maximum Gasteiger partial charge on any atom is 0.297 e. The number of rotatable bonds is 1. The lowest BCUT2D eigenvalue weighted by Gasteiger charge is -2.36. The van der Waals surface area contributed by atoms with Crippen molar-refractivity contribution in [2.75, 3.05) is 7.11 Å². The summed E-state index contributed by atoms with van der Waals surface area (Å²) in [6.45, 7) is 0. The molecule has 0 bridgehead atoms. The van der Waals surface area contributed by atoms with Gasteiger partial charge in [-0.05, 0) is 19.3 Å². The van der Waals surface area contributed by atoms with E-state index in [1.54, 1.807) is 7.11 Å². The quantitative estimate of drug-likeness (QED) is 0.652. The standard InChI is InChI=1S/C9H14N2O3/c1-13-6-4-2-3-5-9(6)7(12)11-8(10)14-9/h6H,2-5H2,1H3,(H2,10,11,12). The van der Waals surface area contributed by atoms with Gasteiger partial charge in [-0.15, -0.1) is 0 Å². The fraction of sp³-hybridized carbons (Fsp3) is 0.778. The number of aliphatic imine (C=N–C) groups is 1. The summed E-state index contributed by atoms with van der Waals surface area (Å²) in [6, 6.07) is -0.0287. The van der Waals surface area contributed by atoms with Crippen LogP contribution in [0, 0.1) is 0 Å². The fourth-order valence-corrected chi connectivity index (χ4v) is 2.23. The molecule has 1 saturated carbocycles. The van der Waals surface area contributed by atoms with E-state index in [0.717, 1.165) is 19.3 Å². The summed E-state index contributed by atoms with van der Waals surface area (Å²) in [5.74, 6) is -0.290. The van der Waals surface area contributed by atoms with Gasteiger partial charge in [-0.1, -0.05) is 6.42 Å². The van der Waals surface area contributed by atoms with Crippen LogP contribution in [-0.4, -0.2) is 30.7 Å². The Balaban J connectivity index is 2.25. The van der Waals surface area contributed by atoms with Crippen molar-refractivity contribution in [3.05, 3.63) is 0 Å². The third-order valence-electron chi connectivity index (χ3n) is 2.93. The van der Waals surface area contributed by atoms with E-state index in [9.17, 15) is 4.79 Å². The molecule has 5 nitrogen and oxygen atoms in total. The van der Waals surface area contributed by atoms with Crippen LogP contribution in [0.1, 0.15) is 25.7 Å². The number of nitrogens with two attached hydrogens (primary N) is 1. The van der Waals surface area contributed by atoms with Crippen LogP contribution in [0.25, 0.3) is 0 Å². The number of carbonyl (C=O) groups excluding carboxylic acids is 1. The van der Waals surface area contributed by atoms with Crippen molar-refractivity contribution in [3.63, 3.8) is 0 Å². The summed E-state index contributed by atoms with van der Waals surface area (Å²) in [7, 11) is 1.59. The van der Waals surface area contributed by atoms with Gasteiger partial charge in [0.2, 0.25) is 5.60 Å². The average molecular weight is 198 g/mol. The van der Waals surface area contributed by atoms with E-state index in [2.05, 4.69) is 4.99 Å². The van der Waals surface area contributed by atoms with Crippen molar-refractivity contribution in [3.8, 4) is 0 Å². The highest BCUT2D eigenvalue weighted by atomic mass is 16.6. The predicted octanol–water partition coefficient (Wildman–Crippen LogP) is 0.186. The van der Waals surface area contributed by atoms with Crippen LogP contribution in [0.4, 0.5) is 0 Å². The lowest BCUT2D eigenvalue weighted by Crippen LogP contribution is -2.52. The Hall–Kier alpha value is -1.10. The fourth-order valence-electron chi connectivity index (χ4n) is 2.23. The van der Waals surface area contributed by atoms with Crippen molar-refractivity contribution in [1.82, 2.24) is 0 Å². The minimum Gasteiger partial charge on any atom is -0.445 e. The number of amides is 1. The molecule has 1 amide bonds. The maximum absolute atomic E-state index is 11.7. The van der Waals surface area contributed by atoms with Gasteiger partial charge < -0.3 is 15.2 Å². The first-order valence-electron chi connectivity index (χ1n) is 4.79. The highest BCUT2D eigenvalue weighted by Gasteiger charge is 2.53. The molecular formula is C9H14N2O3. The van der Waals surface area contributed by atoms with Gasteiger partial charge in [0.05, 0.1) is 0 Å². The third-order valence-corrected chi connectivity index (χ3v) is 2.93. The van der Waals surface area contributed by atoms with Gasteiger partial charge in [0.25, 0.3) is 11.9 Å². The molecule has 2 rings (SSSR count). The van der Waals surface area contributed by atoms with E-state index >= 15 is 0 Å². The normalized spacial score (nSPS) is 37.1. The van der Waals surface area contributed by atoms with Crippen molar-refractivity contribution in [2.24, 2.45) is 10.7 Å². The van der Waals surface area contributed by atoms with Crippen LogP contribution < -0.4 is 5.73 Å². The molecule has 2 aliphatic rings. The molecular weight excluding hydrogens is 184 g/mol. The summed E-state index contributed by atoms with van der Waals surface area (Å²) in [6.07, 6.45) is 3.26. The number of amidine groups is 1. The summed E-state index contributed by atoms with van der Waals surface area (Å²) >= 11 is 0. The zero-order valence-electron chi connectivity index (χ0n) is 8.16. The summed E-state index contributed by atoms with van der Waals surface area (Å²) in [5, 5.41) is 0. The molecule has 1 spiro atoms. The second-order valence-electron chi connectivity index (χ2n) is 3.72. The number of hydrogen-bond donors (Lipinski definition) is 1. The van der Waals surface area contributed by atoms with Gasteiger partial charge in [-0.2, -0.15) is 4.99 Å². The van der Waals surface area contributed by atoms with Gasteiger partial charge in [0.1, 0.15) is 6.10 Å². The van der Waals surface area contributed by atoms with Crippen LogP contribution in [0.15, 0.2) is 4.99 Å². The number of hydrogen-bond acceptors (Lipinski definition) is 4. The molecule has 0 radical (unpaired) electrons. The molecule has 1 heterocycles. The summed E-state index contributed by atoms with van der Waals surface area (Å²) < 4.78 is 10.6. The van der Waals surface area contributed by atoms with Crippen LogP contribution in [0.5, 0.6) is 0 Å². The van der Waals surface area contributed by atoms with Gasteiger partial charge in [0.15, 0.2) is 0 Å². The average Bonchev–Trinajstić information content (AvgIpc) is 2.43. The first-order chi connectivity index (χ1) is 6.69. The molecule has 2 unspecified atom stereocenters. The Labute approximate surface area is 82.3 Å². The molecule has 0 aromatic rings. The van der Waals surface area contributed by atoms with Crippen molar-refractivity contribution in [1.29, 1.82) is 0 Å². The zero-order chi connectivity index (χ0) is 10.2. The van der Waals surface area contributed by atoms with Gasteiger partial charge in [-0.25, -0.2) is 0 Å². The van der Waals surface area contributed by atoms with Crippen molar-refractivity contribution >= 4 is 11.9 Å². The predicted molar refractivity (Wildman–Crippen MR) is 49.7 cm³/mol. The Morgan fingerprint density at radius 3 is 3.00 bits per heavy atom. The van der Waals surface area contributed by atoms with Gasteiger partial charge in [0, 0.05) is 7.11 Å². The minimum absolute atomic E-state index is 0.0287. The molecule has 5 heteroatoms. The van der Waals surface area contributed by atoms with E-state index in [1.165, 1.54) is 0 Å². The third kappa shape index (κ3) is 1.19. The van der Waals surface area contributed by atoms with Crippen LogP contribution >= 0.6 is 0 Å². The SMILES string of the molecule is COC1CCCCC12OC(N)=NC2=O. The van der Waals surface area contributed by atoms with E-state index in [1.807, 2.05) is 0 Å². The first-order valence-corrected chi connectivity index (χ1v) is 4.79. The molecule has 78 valence electrons. The Bertz CT molecular complexity index is 290. The molecule has 1 fully saturated rings. The van der Waals surface area contributed by atoms with E-state index < -0.39 is 5.60 Å². The molecule has 1 aliphatic carbocycles. The van der Waals surface area contributed by atoms with E-state index in [4.69, 9.17) is 15.2 Å². The smallest absolute Gasteiger partial charge is 0.297 e. The number of ether oxygens (including phenoxy) is 2. The van der Waals surface area contributed by atoms with Crippen molar-refractivity contribution < 1.29 is 14.3 Å². The second kappa shape index (κ2) is 3.24. The van der Waals surface area contributed by atoms with Crippen LogP contribution in [0.2, 0.25) is 0 Å². The largest absolute Gasteiger partial charge is 0.445 e. The number of methoxy groups -OCH3 is 1.